The Morgan fingerprint density at radius 1 is 1.25 bits per heavy atom. The van der Waals surface area contributed by atoms with E-state index in [0.717, 1.165) is 19.3 Å². The van der Waals surface area contributed by atoms with E-state index in [1.54, 1.807) is 4.90 Å². The van der Waals surface area contributed by atoms with Gasteiger partial charge in [-0.15, -0.1) is 0 Å². The van der Waals surface area contributed by atoms with E-state index in [-0.39, 0.29) is 30.1 Å². The highest BCUT2D eigenvalue weighted by Gasteiger charge is 2.52. The van der Waals surface area contributed by atoms with Crippen molar-refractivity contribution in [1.29, 1.82) is 0 Å². The fraction of sp³-hybridized carbons (Fsp3) is 0.800. The Balaban J connectivity index is 2.02. The van der Waals surface area contributed by atoms with Crippen LogP contribution in [0.15, 0.2) is 11.5 Å². The largest absolute Gasteiger partial charge is 0.490 e. The van der Waals surface area contributed by atoms with Crippen LogP contribution in [-0.2, 0) is 14.1 Å². The molecule has 1 aliphatic heterocycles. The van der Waals surface area contributed by atoms with Gasteiger partial charge in [0, 0.05) is 20.0 Å². The van der Waals surface area contributed by atoms with Gasteiger partial charge in [0.25, 0.3) is 0 Å². The molecule has 2 rings (SSSR count). The number of nitrogens with zero attached hydrogens (tertiary/aromatic N) is 1. The Morgan fingerprint density at radius 3 is 2.20 bits per heavy atom. The topological polar surface area (TPSA) is 38.8 Å². The van der Waals surface area contributed by atoms with Crippen LogP contribution in [0.3, 0.4) is 0 Å². The van der Waals surface area contributed by atoms with E-state index in [1.807, 2.05) is 14.1 Å². The van der Waals surface area contributed by atoms with Gasteiger partial charge in [-0.25, -0.2) is 0 Å². The number of rotatable bonds is 2. The molecule has 5 heteroatoms. The van der Waals surface area contributed by atoms with E-state index in [9.17, 15) is 4.79 Å². The molecule has 1 fully saturated rings. The Labute approximate surface area is 122 Å². The first-order valence-electron chi connectivity index (χ1n) is 7.40. The maximum atomic E-state index is 12.0. The number of hydrogen-bond acceptors (Lipinski definition) is 3. The second-order valence-corrected chi connectivity index (χ2v) is 7.07. The minimum atomic E-state index is -0.297. The Morgan fingerprint density at radius 2 is 1.80 bits per heavy atom. The Kier molecular flexibility index (Phi) is 4.04. The van der Waals surface area contributed by atoms with E-state index in [1.165, 1.54) is 5.47 Å². The molecule has 1 amide bonds. The van der Waals surface area contributed by atoms with Gasteiger partial charge in [0.15, 0.2) is 0 Å². The van der Waals surface area contributed by atoms with Gasteiger partial charge in [-0.1, -0.05) is 6.08 Å². The summed E-state index contributed by atoms with van der Waals surface area (Å²) in [6.45, 7) is 8.26. The predicted octanol–water partition coefficient (Wildman–Crippen LogP) is 2.43. The van der Waals surface area contributed by atoms with E-state index in [2.05, 4.69) is 33.8 Å². The quantitative estimate of drug-likeness (QED) is 0.729. The van der Waals surface area contributed by atoms with Crippen molar-refractivity contribution in [2.75, 3.05) is 14.1 Å². The Hall–Kier alpha value is -0.805. The predicted molar refractivity (Wildman–Crippen MR) is 80.2 cm³/mol. The first-order valence-corrected chi connectivity index (χ1v) is 7.40. The zero-order chi connectivity index (χ0) is 15.1. The summed E-state index contributed by atoms with van der Waals surface area (Å²) in [4.78, 5) is 13.6. The summed E-state index contributed by atoms with van der Waals surface area (Å²) in [5.74, 6) is 0.324. The SMILES string of the molecule is CN(C)C(=O)C1CC=C(B2OC(C)(C)C(C)(C)O2)CC1. The van der Waals surface area contributed by atoms with Crippen molar-refractivity contribution < 1.29 is 14.1 Å². The van der Waals surface area contributed by atoms with Crippen LogP contribution in [-0.4, -0.2) is 43.2 Å². The molecule has 2 aliphatic rings. The van der Waals surface area contributed by atoms with Crippen LogP contribution in [0.1, 0.15) is 47.0 Å². The lowest BCUT2D eigenvalue weighted by Crippen LogP contribution is -2.41. The third kappa shape index (κ3) is 2.79. The number of allylic oxidation sites excluding steroid dienone is 2. The molecule has 4 nitrogen and oxygen atoms in total. The lowest BCUT2D eigenvalue weighted by molar-refractivity contribution is -0.133. The van der Waals surface area contributed by atoms with Crippen LogP contribution >= 0.6 is 0 Å². The van der Waals surface area contributed by atoms with Gasteiger partial charge in [0.05, 0.1) is 11.2 Å². The van der Waals surface area contributed by atoms with Crippen molar-refractivity contribution in [1.82, 2.24) is 4.90 Å². The molecule has 0 spiro atoms. The number of carbonyl (C=O) groups excluding carboxylic acids is 1. The molecule has 1 aliphatic carbocycles. The zero-order valence-electron chi connectivity index (χ0n) is 13.5. The zero-order valence-corrected chi connectivity index (χ0v) is 13.5. The number of carbonyl (C=O) groups is 1. The third-order valence-electron chi connectivity index (χ3n) is 4.79. The number of hydrogen-bond donors (Lipinski definition) is 0. The lowest BCUT2D eigenvalue weighted by Gasteiger charge is -2.32. The molecular weight excluding hydrogens is 253 g/mol. The first-order chi connectivity index (χ1) is 9.14. The van der Waals surface area contributed by atoms with Gasteiger partial charge in [0.2, 0.25) is 5.91 Å². The standard InChI is InChI=1S/C15H26BNO3/c1-14(2)15(3,4)20-16(19-14)12-9-7-11(8-10-12)13(18)17(5)6/h9,11H,7-8,10H2,1-6H3. The summed E-state index contributed by atoms with van der Waals surface area (Å²) in [7, 11) is 3.38. The third-order valence-corrected chi connectivity index (χ3v) is 4.79. The van der Waals surface area contributed by atoms with Crippen molar-refractivity contribution in [2.24, 2.45) is 5.92 Å². The maximum Gasteiger partial charge on any atom is 0.490 e. The van der Waals surface area contributed by atoms with Gasteiger partial charge >= 0.3 is 7.12 Å². The second kappa shape index (κ2) is 5.19. The minimum Gasteiger partial charge on any atom is -0.400 e. The smallest absolute Gasteiger partial charge is 0.400 e. The summed E-state index contributed by atoms with van der Waals surface area (Å²) in [6.07, 6.45) is 4.68. The molecule has 1 atom stereocenters. The van der Waals surface area contributed by atoms with Crippen LogP contribution in [0.5, 0.6) is 0 Å². The van der Waals surface area contributed by atoms with Crippen LogP contribution in [0.2, 0.25) is 0 Å². The highest BCUT2D eigenvalue weighted by atomic mass is 16.7. The summed E-state index contributed by atoms with van der Waals surface area (Å²) in [6, 6.07) is 0. The van der Waals surface area contributed by atoms with E-state index < -0.39 is 0 Å². The van der Waals surface area contributed by atoms with Gasteiger partial charge in [-0.2, -0.15) is 0 Å². The van der Waals surface area contributed by atoms with Gasteiger partial charge in [-0.05, 0) is 52.4 Å². The molecule has 0 aromatic carbocycles. The fourth-order valence-corrected chi connectivity index (χ4v) is 2.65. The van der Waals surface area contributed by atoms with Gasteiger partial charge in [-0.3, -0.25) is 4.79 Å². The molecule has 1 saturated heterocycles. The summed E-state index contributed by atoms with van der Waals surface area (Å²) in [5.41, 5.74) is 0.593. The highest BCUT2D eigenvalue weighted by Crippen LogP contribution is 2.40. The van der Waals surface area contributed by atoms with Crippen LogP contribution < -0.4 is 0 Å². The van der Waals surface area contributed by atoms with Crippen molar-refractivity contribution in [2.45, 2.75) is 58.2 Å². The molecule has 1 heterocycles. The van der Waals surface area contributed by atoms with Crippen LogP contribution in [0, 0.1) is 5.92 Å². The molecular formula is C15H26BNO3. The summed E-state index contributed by atoms with van der Waals surface area (Å²) < 4.78 is 12.1. The molecule has 112 valence electrons. The average molecular weight is 279 g/mol. The molecule has 0 aromatic heterocycles. The summed E-state index contributed by atoms with van der Waals surface area (Å²) in [5, 5.41) is 0. The van der Waals surface area contributed by atoms with Gasteiger partial charge in [0.1, 0.15) is 0 Å². The molecule has 1 unspecified atom stereocenters. The monoisotopic (exact) mass is 279 g/mol. The van der Waals surface area contributed by atoms with Crippen molar-refractivity contribution in [3.63, 3.8) is 0 Å². The Bertz CT molecular complexity index is 413. The molecule has 0 bridgehead atoms. The minimum absolute atomic E-state index is 0.108. The van der Waals surface area contributed by atoms with Crippen molar-refractivity contribution in [3.05, 3.63) is 11.5 Å². The van der Waals surface area contributed by atoms with Gasteiger partial charge < -0.3 is 14.2 Å². The fourth-order valence-electron chi connectivity index (χ4n) is 2.65. The van der Waals surface area contributed by atoms with Crippen molar-refractivity contribution in [3.8, 4) is 0 Å². The summed E-state index contributed by atoms with van der Waals surface area (Å²) >= 11 is 0. The molecule has 0 aromatic rings. The number of amides is 1. The normalized spacial score (nSPS) is 28.2. The lowest BCUT2D eigenvalue weighted by atomic mass is 9.70. The van der Waals surface area contributed by atoms with E-state index in [4.69, 9.17) is 9.31 Å². The van der Waals surface area contributed by atoms with Crippen LogP contribution in [0.4, 0.5) is 0 Å². The maximum absolute atomic E-state index is 12.0. The second-order valence-electron chi connectivity index (χ2n) is 7.07. The van der Waals surface area contributed by atoms with E-state index in [0.29, 0.717) is 0 Å². The highest BCUT2D eigenvalue weighted by molar-refractivity contribution is 6.54. The molecule has 0 N–H and O–H groups in total. The molecule has 0 saturated carbocycles. The first kappa shape index (κ1) is 15.6. The average Bonchev–Trinajstić information content (AvgIpc) is 2.57. The molecule has 20 heavy (non-hydrogen) atoms. The van der Waals surface area contributed by atoms with E-state index >= 15 is 0 Å². The van der Waals surface area contributed by atoms with Crippen LogP contribution in [0.25, 0.3) is 0 Å². The van der Waals surface area contributed by atoms with Crippen molar-refractivity contribution >= 4 is 13.0 Å². The molecule has 0 radical (unpaired) electrons.